The van der Waals surface area contributed by atoms with Gasteiger partial charge in [-0.15, -0.1) is 11.3 Å². The van der Waals surface area contributed by atoms with Crippen molar-refractivity contribution < 1.29 is 22.7 Å². The molecular formula is C20H13Cl2F3N3O2S+. The summed E-state index contributed by atoms with van der Waals surface area (Å²) in [6.07, 6.45) is -1.66. The van der Waals surface area contributed by atoms with Crippen LogP contribution in [0.25, 0.3) is 16.8 Å². The Bertz CT molecular complexity index is 1380. The van der Waals surface area contributed by atoms with Gasteiger partial charge in [0, 0.05) is 16.8 Å². The number of aromatic hydroxyl groups is 1. The van der Waals surface area contributed by atoms with Crippen molar-refractivity contribution in [2.24, 2.45) is 0 Å². The molecule has 0 radical (unpaired) electrons. The fourth-order valence-electron chi connectivity index (χ4n) is 3.38. The van der Waals surface area contributed by atoms with Crippen LogP contribution >= 0.6 is 34.5 Å². The first-order valence-electron chi connectivity index (χ1n) is 8.81. The van der Waals surface area contributed by atoms with E-state index in [2.05, 4.69) is 4.98 Å². The number of thiazole rings is 1. The molecule has 5 nitrogen and oxygen atoms in total. The predicted molar refractivity (Wildman–Crippen MR) is 112 cm³/mol. The van der Waals surface area contributed by atoms with Crippen LogP contribution in [0.2, 0.25) is 9.49 Å². The maximum Gasteiger partial charge on any atom is 0.416 e. The van der Waals surface area contributed by atoms with Gasteiger partial charge in [0.25, 0.3) is 11.5 Å². The molecule has 0 saturated carbocycles. The molecule has 1 aromatic carbocycles. The third kappa shape index (κ3) is 4.00. The van der Waals surface area contributed by atoms with Gasteiger partial charge in [0.2, 0.25) is 0 Å². The second kappa shape index (κ2) is 7.81. The fourth-order valence-corrected chi connectivity index (χ4v) is 4.58. The number of alkyl halides is 3. The van der Waals surface area contributed by atoms with E-state index in [1.165, 1.54) is 38.8 Å². The second-order valence-corrected chi connectivity index (χ2v) is 8.91. The molecule has 0 unspecified atom stereocenters. The summed E-state index contributed by atoms with van der Waals surface area (Å²) < 4.78 is 42.9. The number of fused-ring (bicyclic) bond motifs is 1. The summed E-state index contributed by atoms with van der Waals surface area (Å²) in [5.74, 6) is -0.487. The van der Waals surface area contributed by atoms with Gasteiger partial charge in [-0.05, 0) is 42.8 Å². The molecule has 0 aliphatic heterocycles. The average Bonchev–Trinajstić information content (AvgIpc) is 3.09. The van der Waals surface area contributed by atoms with E-state index in [9.17, 15) is 23.1 Å². The third-order valence-electron chi connectivity index (χ3n) is 4.68. The van der Waals surface area contributed by atoms with Crippen molar-refractivity contribution in [2.45, 2.75) is 19.6 Å². The molecule has 0 aliphatic carbocycles. The monoisotopic (exact) mass is 486 g/mol. The van der Waals surface area contributed by atoms with Gasteiger partial charge in [0.05, 0.1) is 16.6 Å². The highest BCUT2D eigenvalue weighted by atomic mass is 35.5. The summed E-state index contributed by atoms with van der Waals surface area (Å²) in [4.78, 5) is 17.9. The maximum absolute atomic E-state index is 13.3. The van der Waals surface area contributed by atoms with Gasteiger partial charge in [-0.3, -0.25) is 0 Å². The number of benzene rings is 1. The first-order valence-corrected chi connectivity index (χ1v) is 10.4. The number of nitrogens with zero attached hydrogens (tertiary/aromatic N) is 3. The molecule has 0 fully saturated rings. The van der Waals surface area contributed by atoms with Crippen LogP contribution in [-0.4, -0.2) is 14.7 Å². The van der Waals surface area contributed by atoms with Crippen LogP contribution in [0.3, 0.4) is 0 Å². The van der Waals surface area contributed by atoms with Crippen molar-refractivity contribution in [3.8, 4) is 17.0 Å². The second-order valence-electron chi connectivity index (χ2n) is 6.78. The topological polar surface area (TPSA) is 59.2 Å². The number of hydrogen-bond acceptors (Lipinski definition) is 4. The Morgan fingerprint density at radius 3 is 2.65 bits per heavy atom. The Labute approximate surface area is 187 Å². The fraction of sp³-hybridized carbons (Fsp3) is 0.150. The SMILES string of the molecule is Cc1ccc[n+]2c(=O)c(-c3cc(Cl)cc(C(F)(F)F)c3)c(O)n(Cc3cnc(Cl)s3)c12. The molecule has 4 rings (SSSR count). The van der Waals surface area contributed by atoms with Crippen LogP contribution in [0.1, 0.15) is 16.0 Å². The van der Waals surface area contributed by atoms with Crippen LogP contribution < -0.4 is 9.96 Å². The molecule has 0 aliphatic rings. The van der Waals surface area contributed by atoms with Crippen molar-refractivity contribution in [1.29, 1.82) is 0 Å². The molecule has 0 saturated heterocycles. The average molecular weight is 487 g/mol. The van der Waals surface area contributed by atoms with E-state index in [1.807, 2.05) is 0 Å². The number of rotatable bonds is 3. The molecule has 0 spiro atoms. The quantitative estimate of drug-likeness (QED) is 0.410. The highest BCUT2D eigenvalue weighted by Crippen LogP contribution is 2.36. The summed E-state index contributed by atoms with van der Waals surface area (Å²) in [5.41, 5.74) is -1.08. The Morgan fingerprint density at radius 1 is 1.26 bits per heavy atom. The minimum Gasteiger partial charge on any atom is -0.477 e. The number of hydrogen-bond donors (Lipinski definition) is 1. The van der Waals surface area contributed by atoms with E-state index in [-0.39, 0.29) is 22.7 Å². The molecule has 31 heavy (non-hydrogen) atoms. The minimum atomic E-state index is -4.67. The lowest BCUT2D eigenvalue weighted by atomic mass is 10.0. The summed E-state index contributed by atoms with van der Waals surface area (Å²) in [5, 5.41) is 10.9. The zero-order valence-corrected chi connectivity index (χ0v) is 18.1. The maximum atomic E-state index is 13.3. The molecule has 4 aromatic rings. The number of aromatic nitrogens is 3. The molecule has 0 bridgehead atoms. The Hall–Kier alpha value is -2.62. The summed E-state index contributed by atoms with van der Waals surface area (Å²) >= 11 is 13.0. The molecule has 160 valence electrons. The van der Waals surface area contributed by atoms with Crippen molar-refractivity contribution in [3.05, 3.63) is 78.6 Å². The van der Waals surface area contributed by atoms with Gasteiger partial charge in [0.15, 0.2) is 10.0 Å². The number of halogens is 5. The number of pyridine rings is 1. The van der Waals surface area contributed by atoms with Crippen LogP contribution in [0.15, 0.2) is 47.5 Å². The molecular weight excluding hydrogens is 474 g/mol. The van der Waals surface area contributed by atoms with Crippen molar-refractivity contribution in [3.63, 3.8) is 0 Å². The Kier molecular flexibility index (Phi) is 5.45. The van der Waals surface area contributed by atoms with Crippen LogP contribution in [0.4, 0.5) is 13.2 Å². The summed E-state index contributed by atoms with van der Waals surface area (Å²) in [6, 6.07) is 6.16. The molecule has 0 amide bonds. The standard InChI is InChI=1S/C20H12Cl2F3N3O2S/c1-10-3-2-4-27-16(10)28(9-14-8-26-19(22)31-14)18(30)15(17(27)29)11-5-12(20(23,24)25)7-13(21)6-11/h2-8H,9H2,1H3/p+1. The van der Waals surface area contributed by atoms with E-state index in [0.29, 0.717) is 20.6 Å². The molecule has 1 N–H and O–H groups in total. The van der Waals surface area contributed by atoms with Gasteiger partial charge in [-0.1, -0.05) is 23.2 Å². The summed E-state index contributed by atoms with van der Waals surface area (Å²) in [6.45, 7) is 1.86. The first-order chi connectivity index (χ1) is 14.6. The lowest BCUT2D eigenvalue weighted by Gasteiger charge is -2.13. The van der Waals surface area contributed by atoms with Crippen molar-refractivity contribution in [2.75, 3.05) is 0 Å². The number of aryl methyl sites for hydroxylation is 1. The van der Waals surface area contributed by atoms with Gasteiger partial charge in [-0.2, -0.15) is 22.1 Å². The van der Waals surface area contributed by atoms with Crippen molar-refractivity contribution in [1.82, 2.24) is 9.55 Å². The molecule has 3 aromatic heterocycles. The van der Waals surface area contributed by atoms with E-state index < -0.39 is 23.2 Å². The molecule has 11 heteroatoms. The highest BCUT2D eigenvalue weighted by Gasteiger charge is 2.33. The van der Waals surface area contributed by atoms with Gasteiger partial charge < -0.3 is 5.11 Å². The lowest BCUT2D eigenvalue weighted by Crippen LogP contribution is -2.44. The summed E-state index contributed by atoms with van der Waals surface area (Å²) in [7, 11) is 0. The highest BCUT2D eigenvalue weighted by molar-refractivity contribution is 7.15. The Balaban J connectivity index is 2.06. The zero-order valence-electron chi connectivity index (χ0n) is 15.7. The van der Waals surface area contributed by atoms with Crippen LogP contribution in [0, 0.1) is 6.92 Å². The van der Waals surface area contributed by atoms with E-state index in [4.69, 9.17) is 23.2 Å². The van der Waals surface area contributed by atoms with Gasteiger partial charge >= 0.3 is 11.7 Å². The van der Waals surface area contributed by atoms with Crippen molar-refractivity contribution >= 4 is 40.2 Å². The zero-order chi connectivity index (χ0) is 22.5. The van der Waals surface area contributed by atoms with Crippen LogP contribution in [0.5, 0.6) is 5.88 Å². The minimum absolute atomic E-state index is 0.102. The van der Waals surface area contributed by atoms with Crippen LogP contribution in [-0.2, 0) is 12.7 Å². The lowest BCUT2D eigenvalue weighted by molar-refractivity contribution is -0.532. The van der Waals surface area contributed by atoms with Gasteiger partial charge in [-0.25, -0.2) is 9.78 Å². The normalized spacial score (nSPS) is 11.9. The van der Waals surface area contributed by atoms with Gasteiger partial charge in [0.1, 0.15) is 6.54 Å². The third-order valence-corrected chi connectivity index (χ3v) is 6.00. The Morgan fingerprint density at radius 2 is 2.00 bits per heavy atom. The predicted octanol–water partition coefficient (Wildman–Crippen LogP) is 5.10. The van der Waals surface area contributed by atoms with E-state index in [0.717, 1.165) is 12.1 Å². The largest absolute Gasteiger partial charge is 0.477 e. The first kappa shape index (κ1) is 21.6. The smallest absolute Gasteiger partial charge is 0.416 e. The van der Waals surface area contributed by atoms with E-state index >= 15 is 0 Å². The molecule has 3 heterocycles. The van der Waals surface area contributed by atoms with E-state index in [1.54, 1.807) is 19.1 Å². The molecule has 0 atom stereocenters.